The van der Waals surface area contributed by atoms with Crippen LogP contribution in [0, 0.1) is 0 Å². The van der Waals surface area contributed by atoms with Crippen molar-refractivity contribution in [1.29, 1.82) is 0 Å². The van der Waals surface area contributed by atoms with Gasteiger partial charge in [0.25, 0.3) is 0 Å². The van der Waals surface area contributed by atoms with Gasteiger partial charge >= 0.3 is 5.97 Å². The van der Waals surface area contributed by atoms with Gasteiger partial charge in [-0.1, -0.05) is 18.2 Å². The van der Waals surface area contributed by atoms with Crippen molar-refractivity contribution in [3.63, 3.8) is 0 Å². The van der Waals surface area contributed by atoms with Crippen molar-refractivity contribution in [3.8, 4) is 0 Å². The summed E-state index contributed by atoms with van der Waals surface area (Å²) in [6.45, 7) is 0.347. The zero-order chi connectivity index (χ0) is 16.4. The number of benzene rings is 1. The summed E-state index contributed by atoms with van der Waals surface area (Å²) in [6.07, 6.45) is 2.94. The molecule has 6 heteroatoms. The van der Waals surface area contributed by atoms with E-state index in [-0.39, 0.29) is 12.0 Å². The Morgan fingerprint density at radius 1 is 1.39 bits per heavy atom. The van der Waals surface area contributed by atoms with Crippen molar-refractivity contribution in [3.05, 3.63) is 36.0 Å². The third-order valence-corrected chi connectivity index (χ3v) is 4.48. The highest BCUT2D eigenvalue weighted by atomic mass is 16.5. The number of carbonyl (C=O) groups is 2. The summed E-state index contributed by atoms with van der Waals surface area (Å²) in [5.41, 5.74) is 2.11. The van der Waals surface area contributed by atoms with E-state index in [2.05, 4.69) is 4.98 Å². The monoisotopic (exact) mass is 316 g/mol. The molecule has 2 unspecified atom stereocenters. The molecule has 122 valence electrons. The van der Waals surface area contributed by atoms with E-state index in [1.807, 2.05) is 30.5 Å². The minimum atomic E-state index is -0.968. The van der Waals surface area contributed by atoms with E-state index < -0.39 is 12.0 Å². The summed E-state index contributed by atoms with van der Waals surface area (Å²) in [7, 11) is 1.55. The Kier molecular flexibility index (Phi) is 4.34. The first-order valence-corrected chi connectivity index (χ1v) is 7.70. The van der Waals surface area contributed by atoms with Crippen LogP contribution in [0.1, 0.15) is 18.4 Å². The first-order chi connectivity index (χ1) is 11.1. The van der Waals surface area contributed by atoms with Crippen LogP contribution in [0.2, 0.25) is 0 Å². The molecule has 1 saturated heterocycles. The maximum Gasteiger partial charge on any atom is 0.326 e. The Morgan fingerprint density at radius 2 is 2.17 bits per heavy atom. The third kappa shape index (κ3) is 3.07. The second-order valence-corrected chi connectivity index (χ2v) is 5.85. The normalized spacial score (nSPS) is 21.0. The number of methoxy groups -OCH3 is 1. The van der Waals surface area contributed by atoms with Crippen molar-refractivity contribution in [2.45, 2.75) is 31.4 Å². The Bertz CT molecular complexity index is 724. The molecule has 1 aliphatic rings. The number of nitrogens with zero attached hydrogens (tertiary/aromatic N) is 1. The average molecular weight is 316 g/mol. The first-order valence-electron chi connectivity index (χ1n) is 7.70. The topological polar surface area (TPSA) is 82.6 Å². The Labute approximate surface area is 134 Å². The number of aryl methyl sites for hydroxylation is 1. The molecule has 6 nitrogen and oxygen atoms in total. The van der Waals surface area contributed by atoms with Crippen LogP contribution in [-0.2, 0) is 20.7 Å². The maximum absolute atomic E-state index is 12.4. The fraction of sp³-hybridized carbons (Fsp3) is 0.412. The highest BCUT2D eigenvalue weighted by Gasteiger charge is 2.39. The molecule has 1 amide bonds. The SMILES string of the molecule is COC1CC(C(=O)O)N(C(=O)CCc2c[nH]c3ccccc23)C1. The van der Waals surface area contributed by atoms with Gasteiger partial charge in [0.2, 0.25) is 5.91 Å². The molecule has 0 saturated carbocycles. The number of H-pyrrole nitrogens is 1. The number of nitrogens with one attached hydrogen (secondary N) is 1. The molecule has 0 radical (unpaired) electrons. The van der Waals surface area contributed by atoms with Crippen molar-refractivity contribution in [2.24, 2.45) is 0 Å². The molecule has 1 aromatic heterocycles. The lowest BCUT2D eigenvalue weighted by molar-refractivity contribution is -0.148. The summed E-state index contributed by atoms with van der Waals surface area (Å²) < 4.78 is 5.22. The molecule has 0 spiro atoms. The van der Waals surface area contributed by atoms with Gasteiger partial charge in [0.15, 0.2) is 0 Å². The number of aliphatic carboxylic acids is 1. The van der Waals surface area contributed by atoms with Crippen LogP contribution in [0.3, 0.4) is 0 Å². The molecule has 1 aliphatic heterocycles. The number of rotatable bonds is 5. The lowest BCUT2D eigenvalue weighted by atomic mass is 10.1. The molecular formula is C17H20N2O4. The fourth-order valence-corrected chi connectivity index (χ4v) is 3.20. The molecular weight excluding hydrogens is 296 g/mol. The molecule has 2 N–H and O–H groups in total. The quantitative estimate of drug-likeness (QED) is 0.881. The molecule has 1 aromatic carbocycles. The van der Waals surface area contributed by atoms with E-state index in [4.69, 9.17) is 4.74 Å². The summed E-state index contributed by atoms with van der Waals surface area (Å²) >= 11 is 0. The van der Waals surface area contributed by atoms with Gasteiger partial charge in [-0.15, -0.1) is 0 Å². The van der Waals surface area contributed by atoms with Crippen LogP contribution in [0.15, 0.2) is 30.5 Å². The van der Waals surface area contributed by atoms with Crippen molar-refractivity contribution in [2.75, 3.05) is 13.7 Å². The number of fused-ring (bicyclic) bond motifs is 1. The van der Waals surface area contributed by atoms with Gasteiger partial charge in [-0.05, 0) is 18.1 Å². The molecule has 2 atom stereocenters. The van der Waals surface area contributed by atoms with E-state index in [1.54, 1.807) is 7.11 Å². The van der Waals surface area contributed by atoms with Crippen molar-refractivity contribution >= 4 is 22.8 Å². The van der Waals surface area contributed by atoms with Gasteiger partial charge in [-0.2, -0.15) is 0 Å². The third-order valence-electron chi connectivity index (χ3n) is 4.48. The minimum Gasteiger partial charge on any atom is -0.480 e. The van der Waals surface area contributed by atoms with Gasteiger partial charge in [0.05, 0.1) is 6.10 Å². The number of likely N-dealkylation sites (tertiary alicyclic amines) is 1. The van der Waals surface area contributed by atoms with E-state index in [9.17, 15) is 14.7 Å². The minimum absolute atomic E-state index is 0.137. The highest BCUT2D eigenvalue weighted by molar-refractivity contribution is 5.86. The first kappa shape index (κ1) is 15.6. The smallest absolute Gasteiger partial charge is 0.326 e. The number of aromatic nitrogens is 1. The fourth-order valence-electron chi connectivity index (χ4n) is 3.20. The number of carboxylic acid groups (broad SMARTS) is 1. The van der Waals surface area contributed by atoms with Crippen LogP contribution in [0.25, 0.3) is 10.9 Å². The van der Waals surface area contributed by atoms with Gasteiger partial charge in [0, 0.05) is 43.6 Å². The van der Waals surface area contributed by atoms with E-state index >= 15 is 0 Å². The van der Waals surface area contributed by atoms with E-state index in [0.29, 0.717) is 25.8 Å². The van der Waals surface area contributed by atoms with Crippen molar-refractivity contribution < 1.29 is 19.4 Å². The predicted molar refractivity (Wildman–Crippen MR) is 85.2 cm³/mol. The van der Waals surface area contributed by atoms with Gasteiger partial charge in [-0.25, -0.2) is 4.79 Å². The molecule has 1 fully saturated rings. The van der Waals surface area contributed by atoms with Gasteiger partial charge in [-0.3, -0.25) is 4.79 Å². The average Bonchev–Trinajstić information content (AvgIpc) is 3.17. The maximum atomic E-state index is 12.4. The largest absolute Gasteiger partial charge is 0.480 e. The second kappa shape index (κ2) is 6.42. The summed E-state index contributed by atoms with van der Waals surface area (Å²) in [6, 6.07) is 7.15. The van der Waals surface area contributed by atoms with Gasteiger partial charge in [0.1, 0.15) is 6.04 Å². The van der Waals surface area contributed by atoms with Gasteiger partial charge < -0.3 is 19.7 Å². The lowest BCUT2D eigenvalue weighted by Crippen LogP contribution is -2.40. The molecule has 0 aliphatic carbocycles. The number of hydrogen-bond donors (Lipinski definition) is 2. The molecule has 2 aromatic rings. The Morgan fingerprint density at radius 3 is 2.91 bits per heavy atom. The number of para-hydroxylation sites is 1. The number of amides is 1. The number of ether oxygens (including phenoxy) is 1. The Hall–Kier alpha value is -2.34. The predicted octanol–water partition coefficient (Wildman–Crippen LogP) is 1.80. The van der Waals surface area contributed by atoms with Crippen LogP contribution in [-0.4, -0.2) is 52.7 Å². The highest BCUT2D eigenvalue weighted by Crippen LogP contribution is 2.23. The second-order valence-electron chi connectivity index (χ2n) is 5.85. The lowest BCUT2D eigenvalue weighted by Gasteiger charge is -2.21. The summed E-state index contributed by atoms with van der Waals surface area (Å²) in [4.78, 5) is 28.4. The van der Waals surface area contributed by atoms with Crippen LogP contribution in [0.4, 0.5) is 0 Å². The zero-order valence-electron chi connectivity index (χ0n) is 13.0. The Balaban J connectivity index is 1.68. The van der Waals surface area contributed by atoms with Crippen LogP contribution < -0.4 is 0 Å². The van der Waals surface area contributed by atoms with E-state index in [1.165, 1.54) is 4.90 Å². The number of carbonyl (C=O) groups excluding carboxylic acids is 1. The number of hydrogen-bond acceptors (Lipinski definition) is 3. The summed E-state index contributed by atoms with van der Waals surface area (Å²) in [5.74, 6) is -1.10. The van der Waals surface area contributed by atoms with Crippen molar-refractivity contribution in [1.82, 2.24) is 9.88 Å². The zero-order valence-corrected chi connectivity index (χ0v) is 13.0. The number of carboxylic acids is 1. The molecule has 2 heterocycles. The molecule has 3 rings (SSSR count). The number of aromatic amines is 1. The molecule has 0 bridgehead atoms. The summed E-state index contributed by atoms with van der Waals surface area (Å²) in [5, 5.41) is 10.4. The van der Waals surface area contributed by atoms with Crippen LogP contribution in [0.5, 0.6) is 0 Å². The molecule has 23 heavy (non-hydrogen) atoms. The van der Waals surface area contributed by atoms with E-state index in [0.717, 1.165) is 16.5 Å². The standard InChI is InChI=1S/C17H20N2O4/c1-23-12-8-15(17(21)22)19(10-12)16(20)7-6-11-9-18-14-5-3-2-4-13(11)14/h2-5,9,12,15,18H,6-8,10H2,1H3,(H,21,22). The van der Waals surface area contributed by atoms with Crippen LogP contribution >= 0.6 is 0 Å².